The Hall–Kier alpha value is -1.71. The van der Waals surface area contributed by atoms with Crippen LogP contribution in [0, 0.1) is 6.92 Å². The second kappa shape index (κ2) is 3.81. The average Bonchev–Trinajstić information content (AvgIpc) is 2.65. The van der Waals surface area contributed by atoms with Gasteiger partial charge in [0.15, 0.2) is 12.2 Å². The highest BCUT2D eigenvalue weighted by Crippen LogP contribution is 2.25. The van der Waals surface area contributed by atoms with Gasteiger partial charge in [0, 0.05) is 11.1 Å². The van der Waals surface area contributed by atoms with Gasteiger partial charge in [0.1, 0.15) is 0 Å². The molecule has 0 bridgehead atoms. The van der Waals surface area contributed by atoms with E-state index in [0.717, 1.165) is 11.3 Å². The van der Waals surface area contributed by atoms with Crippen molar-refractivity contribution in [3.8, 4) is 11.3 Å². The van der Waals surface area contributed by atoms with E-state index in [1.165, 1.54) is 18.5 Å². The van der Waals surface area contributed by atoms with E-state index in [-0.39, 0.29) is 5.56 Å². The van der Waals surface area contributed by atoms with Crippen molar-refractivity contribution in [3.05, 3.63) is 41.9 Å². The fourth-order valence-electron chi connectivity index (χ4n) is 1.36. The van der Waals surface area contributed by atoms with Gasteiger partial charge in [0.25, 0.3) is 6.43 Å². The van der Waals surface area contributed by atoms with Crippen molar-refractivity contribution in [2.75, 3.05) is 0 Å². The van der Waals surface area contributed by atoms with Crippen molar-refractivity contribution >= 4 is 0 Å². The molecule has 78 valence electrons. The zero-order valence-corrected chi connectivity index (χ0v) is 8.08. The number of nitrogens with zero attached hydrogens (tertiary/aromatic N) is 1. The molecule has 0 radical (unpaired) electrons. The summed E-state index contributed by atoms with van der Waals surface area (Å²) in [6, 6.07) is 5.99. The molecule has 4 heteroatoms. The molecule has 0 saturated heterocycles. The van der Waals surface area contributed by atoms with Crippen molar-refractivity contribution in [2.24, 2.45) is 0 Å². The molecule has 2 rings (SSSR count). The smallest absolute Gasteiger partial charge is 0.263 e. The van der Waals surface area contributed by atoms with Crippen LogP contribution >= 0.6 is 0 Å². The first-order valence-electron chi connectivity index (χ1n) is 4.47. The Morgan fingerprint density at radius 3 is 2.33 bits per heavy atom. The summed E-state index contributed by atoms with van der Waals surface area (Å²) in [5.74, 6) is 0.621. The first-order valence-corrected chi connectivity index (χ1v) is 4.47. The van der Waals surface area contributed by atoms with Gasteiger partial charge in [-0.2, -0.15) is 0 Å². The Labute approximate surface area is 85.6 Å². The molecule has 2 aromatic rings. The lowest BCUT2D eigenvalue weighted by molar-refractivity contribution is 0.151. The summed E-state index contributed by atoms with van der Waals surface area (Å²) < 4.78 is 29.7. The van der Waals surface area contributed by atoms with Crippen LogP contribution in [0.25, 0.3) is 11.3 Å². The number of hydrogen-bond acceptors (Lipinski definition) is 2. The Kier molecular flexibility index (Phi) is 2.49. The molecule has 0 fully saturated rings. The maximum absolute atomic E-state index is 12.3. The molecule has 2 nitrogen and oxygen atoms in total. The second-order valence-electron chi connectivity index (χ2n) is 3.19. The Morgan fingerprint density at radius 2 is 1.87 bits per heavy atom. The number of benzene rings is 1. The Morgan fingerprint density at radius 1 is 1.20 bits per heavy atom. The number of aryl methyl sites for hydroxylation is 1. The molecular formula is C11H9F2NO. The van der Waals surface area contributed by atoms with E-state index in [1.54, 1.807) is 19.1 Å². The standard InChI is InChI=1S/C11H9F2NO/c1-7-10(15-6-14-7)8-2-4-9(5-3-8)11(12)13/h2-6,11H,1H3. The largest absolute Gasteiger partial charge is 0.443 e. The van der Waals surface area contributed by atoms with Gasteiger partial charge in [-0.3, -0.25) is 0 Å². The van der Waals surface area contributed by atoms with Gasteiger partial charge in [-0.15, -0.1) is 0 Å². The van der Waals surface area contributed by atoms with Crippen LogP contribution in [0.2, 0.25) is 0 Å². The van der Waals surface area contributed by atoms with Crippen LogP contribution in [0.15, 0.2) is 35.1 Å². The van der Waals surface area contributed by atoms with E-state index < -0.39 is 6.43 Å². The predicted molar refractivity (Wildman–Crippen MR) is 51.6 cm³/mol. The number of alkyl halides is 2. The Bertz CT molecular complexity index is 448. The number of oxazole rings is 1. The lowest BCUT2D eigenvalue weighted by Gasteiger charge is -2.01. The summed E-state index contributed by atoms with van der Waals surface area (Å²) >= 11 is 0. The average molecular weight is 209 g/mol. The molecule has 0 aliphatic rings. The molecule has 0 atom stereocenters. The minimum atomic E-state index is -2.44. The maximum Gasteiger partial charge on any atom is 0.263 e. The highest BCUT2D eigenvalue weighted by molar-refractivity contribution is 5.59. The van der Waals surface area contributed by atoms with Gasteiger partial charge in [-0.25, -0.2) is 13.8 Å². The van der Waals surface area contributed by atoms with Crippen molar-refractivity contribution in [1.29, 1.82) is 0 Å². The van der Waals surface area contributed by atoms with Crippen molar-refractivity contribution < 1.29 is 13.2 Å². The van der Waals surface area contributed by atoms with Crippen molar-refractivity contribution in [1.82, 2.24) is 4.98 Å². The minimum absolute atomic E-state index is 0.0101. The van der Waals surface area contributed by atoms with Gasteiger partial charge < -0.3 is 4.42 Å². The summed E-state index contributed by atoms with van der Waals surface area (Å²) in [6.07, 6.45) is -1.10. The topological polar surface area (TPSA) is 26.0 Å². The molecule has 1 aromatic carbocycles. The maximum atomic E-state index is 12.3. The van der Waals surface area contributed by atoms with Crippen LogP contribution in [0.1, 0.15) is 17.7 Å². The third kappa shape index (κ3) is 1.88. The lowest BCUT2D eigenvalue weighted by Crippen LogP contribution is -1.84. The molecule has 0 N–H and O–H groups in total. The quantitative estimate of drug-likeness (QED) is 0.755. The van der Waals surface area contributed by atoms with Crippen LogP contribution in [0.4, 0.5) is 8.78 Å². The fraction of sp³-hybridized carbons (Fsp3) is 0.182. The van der Waals surface area contributed by atoms with Crippen LogP contribution in [-0.4, -0.2) is 4.98 Å². The van der Waals surface area contributed by atoms with Gasteiger partial charge in [-0.05, 0) is 6.92 Å². The SMILES string of the molecule is Cc1ncoc1-c1ccc(C(F)F)cc1. The van der Waals surface area contributed by atoms with Crippen LogP contribution in [-0.2, 0) is 0 Å². The molecule has 1 aromatic heterocycles. The molecule has 0 amide bonds. The first kappa shape index (κ1) is 9.83. The summed E-state index contributed by atoms with van der Waals surface area (Å²) in [5.41, 5.74) is 1.52. The molecule has 1 heterocycles. The van der Waals surface area contributed by atoms with Gasteiger partial charge in [-0.1, -0.05) is 24.3 Å². The molecule has 15 heavy (non-hydrogen) atoms. The van der Waals surface area contributed by atoms with Crippen molar-refractivity contribution in [2.45, 2.75) is 13.3 Å². The predicted octanol–water partition coefficient (Wildman–Crippen LogP) is 3.59. The molecule has 0 spiro atoms. The number of rotatable bonds is 2. The highest BCUT2D eigenvalue weighted by Gasteiger charge is 2.09. The summed E-state index contributed by atoms with van der Waals surface area (Å²) in [6.45, 7) is 1.81. The van der Waals surface area contributed by atoms with Crippen LogP contribution in [0.5, 0.6) is 0 Å². The van der Waals surface area contributed by atoms with E-state index in [1.807, 2.05) is 0 Å². The number of aromatic nitrogens is 1. The van der Waals surface area contributed by atoms with Crippen LogP contribution < -0.4 is 0 Å². The summed E-state index contributed by atoms with van der Waals surface area (Å²) in [5, 5.41) is 0. The van der Waals surface area contributed by atoms with E-state index in [2.05, 4.69) is 4.98 Å². The number of hydrogen-bond donors (Lipinski definition) is 0. The van der Waals surface area contributed by atoms with Gasteiger partial charge in [0.2, 0.25) is 0 Å². The van der Waals surface area contributed by atoms with E-state index in [4.69, 9.17) is 4.42 Å². The normalized spacial score (nSPS) is 10.9. The van der Waals surface area contributed by atoms with E-state index in [9.17, 15) is 8.78 Å². The highest BCUT2D eigenvalue weighted by atomic mass is 19.3. The molecule has 0 aliphatic carbocycles. The monoisotopic (exact) mass is 209 g/mol. The molecule has 0 aliphatic heterocycles. The summed E-state index contributed by atoms with van der Waals surface area (Å²) in [4.78, 5) is 3.94. The molecule has 0 unspecified atom stereocenters. The molecule has 0 saturated carbocycles. The van der Waals surface area contributed by atoms with Gasteiger partial charge in [0.05, 0.1) is 5.69 Å². The third-order valence-corrected chi connectivity index (χ3v) is 2.17. The Balaban J connectivity index is 2.36. The minimum Gasteiger partial charge on any atom is -0.443 e. The van der Waals surface area contributed by atoms with Crippen LogP contribution in [0.3, 0.4) is 0 Å². The number of halogens is 2. The second-order valence-corrected chi connectivity index (χ2v) is 3.19. The van der Waals surface area contributed by atoms with Gasteiger partial charge >= 0.3 is 0 Å². The lowest BCUT2D eigenvalue weighted by atomic mass is 10.1. The molecular weight excluding hydrogens is 200 g/mol. The zero-order valence-electron chi connectivity index (χ0n) is 8.08. The zero-order chi connectivity index (χ0) is 10.8. The fourth-order valence-corrected chi connectivity index (χ4v) is 1.36. The van der Waals surface area contributed by atoms with E-state index in [0.29, 0.717) is 5.76 Å². The van der Waals surface area contributed by atoms with E-state index >= 15 is 0 Å². The first-order chi connectivity index (χ1) is 7.18. The summed E-state index contributed by atoms with van der Waals surface area (Å²) in [7, 11) is 0. The van der Waals surface area contributed by atoms with Crippen molar-refractivity contribution in [3.63, 3.8) is 0 Å². The third-order valence-electron chi connectivity index (χ3n) is 2.17.